The Bertz CT molecular complexity index is 499. The maximum absolute atomic E-state index is 11.7. The van der Waals surface area contributed by atoms with E-state index in [1.54, 1.807) is 37.3 Å². The van der Waals surface area contributed by atoms with E-state index in [1.807, 2.05) is 18.7 Å². The van der Waals surface area contributed by atoms with Crippen LogP contribution in [0.2, 0.25) is 0 Å². The van der Waals surface area contributed by atoms with Crippen LogP contribution in [0.3, 0.4) is 0 Å². The van der Waals surface area contributed by atoms with Crippen molar-refractivity contribution < 1.29 is 15.0 Å². The molecule has 0 fully saturated rings. The minimum Gasteiger partial charge on any atom is -0.479 e. The number of rotatable bonds is 6. The van der Waals surface area contributed by atoms with E-state index in [2.05, 4.69) is 11.8 Å². The highest BCUT2D eigenvalue weighted by molar-refractivity contribution is 5.81. The summed E-state index contributed by atoms with van der Waals surface area (Å²) < 4.78 is 0. The number of hydrogen-bond donors (Lipinski definition) is 2. The van der Waals surface area contributed by atoms with Gasteiger partial charge in [-0.3, -0.25) is 4.90 Å². The van der Waals surface area contributed by atoms with Crippen molar-refractivity contribution in [3.05, 3.63) is 35.9 Å². The number of carboxylic acids is 1. The smallest absolute Gasteiger partial charge is 0.343 e. The van der Waals surface area contributed by atoms with E-state index in [-0.39, 0.29) is 0 Å². The second-order valence-corrected chi connectivity index (χ2v) is 4.46. The molecule has 2 atom stereocenters. The van der Waals surface area contributed by atoms with Crippen molar-refractivity contribution in [2.75, 3.05) is 13.1 Å². The van der Waals surface area contributed by atoms with Crippen molar-refractivity contribution >= 4 is 5.97 Å². The highest BCUT2D eigenvalue weighted by Crippen LogP contribution is 2.29. The van der Waals surface area contributed by atoms with Gasteiger partial charge >= 0.3 is 5.97 Å². The molecule has 2 unspecified atom stereocenters. The lowest BCUT2D eigenvalue weighted by Crippen LogP contribution is -2.54. The summed E-state index contributed by atoms with van der Waals surface area (Å²) in [7, 11) is 0. The Morgan fingerprint density at radius 1 is 1.30 bits per heavy atom. The maximum atomic E-state index is 11.7. The Labute approximate surface area is 120 Å². The van der Waals surface area contributed by atoms with Gasteiger partial charge in [-0.05, 0) is 25.6 Å². The van der Waals surface area contributed by atoms with Crippen molar-refractivity contribution in [1.82, 2.24) is 4.90 Å². The Hall–Kier alpha value is -1.83. The van der Waals surface area contributed by atoms with Gasteiger partial charge in [0, 0.05) is 0 Å². The fraction of sp³-hybridized carbons (Fsp3) is 0.438. The molecule has 1 aromatic rings. The van der Waals surface area contributed by atoms with Crippen LogP contribution < -0.4 is 0 Å². The number of likely N-dealkylation sites (N-methyl/N-ethyl adjacent to an activating group) is 1. The lowest BCUT2D eigenvalue weighted by Gasteiger charge is -2.36. The van der Waals surface area contributed by atoms with Gasteiger partial charge in [-0.2, -0.15) is 0 Å². The van der Waals surface area contributed by atoms with Crippen LogP contribution >= 0.6 is 0 Å². The highest BCUT2D eigenvalue weighted by Gasteiger charge is 2.47. The molecule has 108 valence electrons. The number of nitrogens with zero attached hydrogens (tertiary/aromatic N) is 1. The molecule has 0 aliphatic carbocycles. The van der Waals surface area contributed by atoms with E-state index in [0.29, 0.717) is 18.7 Å². The summed E-state index contributed by atoms with van der Waals surface area (Å²) in [4.78, 5) is 13.6. The molecular weight excluding hydrogens is 254 g/mol. The fourth-order valence-electron chi connectivity index (χ4n) is 2.28. The fourth-order valence-corrected chi connectivity index (χ4v) is 2.28. The molecule has 4 nitrogen and oxygen atoms in total. The zero-order chi connectivity index (χ0) is 15.2. The molecular formula is C16H21NO3. The van der Waals surface area contributed by atoms with E-state index >= 15 is 0 Å². The number of aliphatic carboxylic acids is 1. The quantitative estimate of drug-likeness (QED) is 0.776. The lowest BCUT2D eigenvalue weighted by molar-refractivity contribution is -0.165. The number of aliphatic hydroxyl groups is 1. The van der Waals surface area contributed by atoms with Crippen LogP contribution in [0.5, 0.6) is 0 Å². The maximum Gasteiger partial charge on any atom is 0.343 e. The van der Waals surface area contributed by atoms with Crippen molar-refractivity contribution in [3.8, 4) is 11.8 Å². The van der Waals surface area contributed by atoms with Gasteiger partial charge in [-0.15, -0.1) is 5.92 Å². The van der Waals surface area contributed by atoms with Crippen molar-refractivity contribution in [1.29, 1.82) is 0 Å². The van der Waals surface area contributed by atoms with E-state index in [9.17, 15) is 15.0 Å². The average molecular weight is 275 g/mol. The van der Waals surface area contributed by atoms with Gasteiger partial charge in [0.1, 0.15) is 6.04 Å². The van der Waals surface area contributed by atoms with Gasteiger partial charge in [0.2, 0.25) is 5.60 Å². The first-order valence-electron chi connectivity index (χ1n) is 6.69. The van der Waals surface area contributed by atoms with E-state index in [1.165, 1.54) is 0 Å². The van der Waals surface area contributed by atoms with E-state index < -0.39 is 17.6 Å². The summed E-state index contributed by atoms with van der Waals surface area (Å²) in [5.41, 5.74) is -1.71. The number of carboxylic acid groups (broad SMARTS) is 1. The highest BCUT2D eigenvalue weighted by atomic mass is 16.4. The van der Waals surface area contributed by atoms with Crippen LogP contribution in [-0.4, -0.2) is 40.2 Å². The summed E-state index contributed by atoms with van der Waals surface area (Å²) in [6, 6.07) is 7.64. The molecule has 0 radical (unpaired) electrons. The molecule has 1 aromatic carbocycles. The monoisotopic (exact) mass is 275 g/mol. The molecule has 2 N–H and O–H groups in total. The number of benzene rings is 1. The Balaban J connectivity index is 3.41. The molecule has 0 spiro atoms. The Kier molecular flexibility index (Phi) is 5.75. The normalized spacial score (nSPS) is 15.1. The van der Waals surface area contributed by atoms with Crippen LogP contribution in [0.25, 0.3) is 0 Å². The summed E-state index contributed by atoms with van der Waals surface area (Å²) in [6.45, 7) is 6.70. The molecule has 0 heterocycles. The van der Waals surface area contributed by atoms with E-state index in [4.69, 9.17) is 0 Å². The van der Waals surface area contributed by atoms with Gasteiger partial charge in [-0.25, -0.2) is 4.79 Å². The standard InChI is InChI=1S/C16H21NO3/c1-4-10-14(17(5-2)6-3)16(20,15(18)19)13-11-8-7-9-12-13/h7-9,11-12,14,20H,5-6H2,1-3H3,(H,18,19). The van der Waals surface area contributed by atoms with Crippen LogP contribution in [0, 0.1) is 11.8 Å². The van der Waals surface area contributed by atoms with Crippen LogP contribution in [0.4, 0.5) is 0 Å². The van der Waals surface area contributed by atoms with Crippen LogP contribution in [0.1, 0.15) is 26.3 Å². The van der Waals surface area contributed by atoms with Gasteiger partial charge in [-0.1, -0.05) is 50.1 Å². The largest absolute Gasteiger partial charge is 0.479 e. The zero-order valence-corrected chi connectivity index (χ0v) is 12.1. The molecule has 4 heteroatoms. The minimum absolute atomic E-state index is 0.340. The van der Waals surface area contributed by atoms with E-state index in [0.717, 1.165) is 0 Å². The molecule has 0 saturated heterocycles. The molecule has 0 aromatic heterocycles. The summed E-state index contributed by atoms with van der Waals surface area (Å²) in [6.07, 6.45) is 0. The topological polar surface area (TPSA) is 60.8 Å². The zero-order valence-electron chi connectivity index (χ0n) is 12.1. The second-order valence-electron chi connectivity index (χ2n) is 4.46. The molecule has 0 bridgehead atoms. The molecule has 0 saturated carbocycles. The van der Waals surface area contributed by atoms with Gasteiger partial charge in [0.05, 0.1) is 0 Å². The Morgan fingerprint density at radius 2 is 1.85 bits per heavy atom. The van der Waals surface area contributed by atoms with Crippen molar-refractivity contribution in [2.45, 2.75) is 32.4 Å². The van der Waals surface area contributed by atoms with Crippen molar-refractivity contribution in [2.24, 2.45) is 0 Å². The van der Waals surface area contributed by atoms with Gasteiger partial charge in [0.25, 0.3) is 0 Å². The first-order chi connectivity index (χ1) is 9.52. The Morgan fingerprint density at radius 3 is 2.25 bits per heavy atom. The van der Waals surface area contributed by atoms with Crippen LogP contribution in [-0.2, 0) is 10.4 Å². The summed E-state index contributed by atoms with van der Waals surface area (Å²) >= 11 is 0. The summed E-state index contributed by atoms with van der Waals surface area (Å²) in [5, 5.41) is 20.4. The SMILES string of the molecule is CC#CC(N(CC)CC)C(O)(C(=O)O)c1ccccc1. The minimum atomic E-state index is -2.05. The first-order valence-corrected chi connectivity index (χ1v) is 6.69. The number of carbonyl (C=O) groups is 1. The first kappa shape index (κ1) is 16.2. The number of hydrogen-bond acceptors (Lipinski definition) is 3. The van der Waals surface area contributed by atoms with Crippen molar-refractivity contribution in [3.63, 3.8) is 0 Å². The second kappa shape index (κ2) is 7.09. The molecule has 0 amide bonds. The lowest BCUT2D eigenvalue weighted by atomic mass is 9.85. The van der Waals surface area contributed by atoms with Crippen LogP contribution in [0.15, 0.2) is 30.3 Å². The molecule has 0 aliphatic rings. The van der Waals surface area contributed by atoms with Gasteiger partial charge < -0.3 is 10.2 Å². The third-order valence-electron chi connectivity index (χ3n) is 3.39. The average Bonchev–Trinajstić information content (AvgIpc) is 2.47. The predicted octanol–water partition coefficient (Wildman–Crippen LogP) is 1.69. The molecule has 0 aliphatic heterocycles. The molecule has 20 heavy (non-hydrogen) atoms. The summed E-state index contributed by atoms with van der Waals surface area (Å²) in [5.74, 6) is 4.29. The predicted molar refractivity (Wildman–Crippen MR) is 78.1 cm³/mol. The molecule has 1 rings (SSSR count). The third-order valence-corrected chi connectivity index (χ3v) is 3.39. The van der Waals surface area contributed by atoms with Gasteiger partial charge in [0.15, 0.2) is 0 Å². The third kappa shape index (κ3) is 3.01.